The lowest BCUT2D eigenvalue weighted by Crippen LogP contribution is -2.23. The SMILES string of the molecule is Cc1c(F)cc(CCCCC2CCC(C3CCCCC3)CC2)cc1F. The third kappa shape index (κ3) is 5.28. The van der Waals surface area contributed by atoms with Crippen LogP contribution in [-0.2, 0) is 6.42 Å². The number of hydrogen-bond acceptors (Lipinski definition) is 0. The second-order valence-corrected chi connectivity index (χ2v) is 8.61. The molecule has 2 fully saturated rings. The Bertz CT molecular complexity index is 514. The molecule has 0 unspecified atom stereocenters. The van der Waals surface area contributed by atoms with Gasteiger partial charge in [-0.2, -0.15) is 0 Å². The van der Waals surface area contributed by atoms with Crippen LogP contribution in [-0.4, -0.2) is 0 Å². The van der Waals surface area contributed by atoms with Crippen LogP contribution in [0.15, 0.2) is 12.1 Å². The van der Waals surface area contributed by atoms with Crippen molar-refractivity contribution in [2.45, 2.75) is 90.4 Å². The van der Waals surface area contributed by atoms with Crippen molar-refractivity contribution < 1.29 is 8.78 Å². The molecule has 0 saturated heterocycles. The van der Waals surface area contributed by atoms with Gasteiger partial charge in [-0.05, 0) is 68.1 Å². The van der Waals surface area contributed by atoms with Crippen molar-refractivity contribution in [3.63, 3.8) is 0 Å². The van der Waals surface area contributed by atoms with Crippen LogP contribution >= 0.6 is 0 Å². The van der Waals surface area contributed by atoms with Crippen molar-refractivity contribution in [2.24, 2.45) is 17.8 Å². The summed E-state index contributed by atoms with van der Waals surface area (Å²) >= 11 is 0. The number of hydrogen-bond donors (Lipinski definition) is 0. The first-order valence-electron chi connectivity index (χ1n) is 10.6. The fourth-order valence-electron chi connectivity index (χ4n) is 5.16. The second-order valence-electron chi connectivity index (χ2n) is 8.61. The van der Waals surface area contributed by atoms with E-state index in [4.69, 9.17) is 0 Å². The molecule has 0 N–H and O–H groups in total. The van der Waals surface area contributed by atoms with E-state index in [0.717, 1.165) is 36.2 Å². The molecule has 2 heteroatoms. The number of rotatable bonds is 6. The van der Waals surface area contributed by atoms with E-state index < -0.39 is 11.6 Å². The summed E-state index contributed by atoms with van der Waals surface area (Å²) < 4.78 is 27.2. The van der Waals surface area contributed by atoms with Crippen molar-refractivity contribution >= 4 is 0 Å². The largest absolute Gasteiger partial charge is 0.207 e. The van der Waals surface area contributed by atoms with Crippen LogP contribution in [0.25, 0.3) is 0 Å². The van der Waals surface area contributed by atoms with Crippen LogP contribution in [0.5, 0.6) is 0 Å². The van der Waals surface area contributed by atoms with Gasteiger partial charge in [-0.3, -0.25) is 0 Å². The van der Waals surface area contributed by atoms with E-state index >= 15 is 0 Å². The Kier molecular flexibility index (Phi) is 6.90. The molecule has 0 atom stereocenters. The number of benzene rings is 1. The maximum atomic E-state index is 13.6. The van der Waals surface area contributed by atoms with Gasteiger partial charge in [0.1, 0.15) is 11.6 Å². The Balaban J connectivity index is 1.33. The molecule has 25 heavy (non-hydrogen) atoms. The summed E-state index contributed by atoms with van der Waals surface area (Å²) in [5.74, 6) is 2.12. The first-order valence-corrected chi connectivity index (χ1v) is 10.6. The molecule has 0 nitrogen and oxygen atoms in total. The molecule has 0 aliphatic heterocycles. The topological polar surface area (TPSA) is 0 Å². The summed E-state index contributed by atoms with van der Waals surface area (Å²) in [5, 5.41) is 0. The molecule has 2 aliphatic rings. The van der Waals surface area contributed by atoms with Gasteiger partial charge in [0.05, 0.1) is 0 Å². The minimum atomic E-state index is -0.406. The molecular weight excluding hydrogens is 314 g/mol. The Morgan fingerprint density at radius 2 is 1.40 bits per heavy atom. The smallest absolute Gasteiger partial charge is 0.129 e. The Labute approximate surface area is 152 Å². The number of aryl methyl sites for hydroxylation is 1. The summed E-state index contributed by atoms with van der Waals surface area (Å²) in [6, 6.07) is 3.02. The maximum Gasteiger partial charge on any atom is 0.129 e. The molecule has 0 heterocycles. The van der Waals surface area contributed by atoms with Gasteiger partial charge in [0, 0.05) is 5.56 Å². The number of unbranched alkanes of at least 4 members (excludes halogenated alkanes) is 1. The zero-order valence-corrected chi connectivity index (χ0v) is 15.8. The molecule has 0 aromatic heterocycles. The van der Waals surface area contributed by atoms with Crippen LogP contribution in [0, 0.1) is 36.3 Å². The minimum absolute atomic E-state index is 0.137. The average molecular weight is 349 g/mol. The third-order valence-electron chi connectivity index (χ3n) is 6.88. The fourth-order valence-corrected chi connectivity index (χ4v) is 5.16. The first kappa shape index (κ1) is 18.9. The highest BCUT2D eigenvalue weighted by Crippen LogP contribution is 2.41. The zero-order valence-electron chi connectivity index (χ0n) is 15.8. The standard InChI is InChI=1S/C23H34F2/c1-17-22(24)15-19(16-23(17)25)8-6-5-7-18-11-13-21(14-12-18)20-9-3-2-4-10-20/h15-16,18,20-21H,2-14H2,1H3. The normalized spacial score (nSPS) is 25.2. The predicted octanol–water partition coefficient (Wildman–Crippen LogP) is 7.37. The highest BCUT2D eigenvalue weighted by atomic mass is 19.1. The van der Waals surface area contributed by atoms with Crippen LogP contribution in [0.4, 0.5) is 8.78 Å². The molecule has 0 spiro atoms. The van der Waals surface area contributed by atoms with Crippen molar-refractivity contribution in [2.75, 3.05) is 0 Å². The molecular formula is C23H34F2. The summed E-state index contributed by atoms with van der Waals surface area (Å²) in [6.07, 6.45) is 17.4. The average Bonchev–Trinajstić information content (AvgIpc) is 2.64. The van der Waals surface area contributed by atoms with E-state index in [9.17, 15) is 8.78 Å². The lowest BCUT2D eigenvalue weighted by Gasteiger charge is -2.36. The van der Waals surface area contributed by atoms with Gasteiger partial charge in [-0.1, -0.05) is 57.8 Å². The molecule has 0 amide bonds. The predicted molar refractivity (Wildman–Crippen MR) is 101 cm³/mol. The second kappa shape index (κ2) is 9.14. The Morgan fingerprint density at radius 1 is 0.800 bits per heavy atom. The summed E-state index contributed by atoms with van der Waals surface area (Å²) in [5.41, 5.74) is 0.945. The van der Waals surface area contributed by atoms with Crippen molar-refractivity contribution in [1.29, 1.82) is 0 Å². The molecule has 2 saturated carbocycles. The highest BCUT2D eigenvalue weighted by Gasteiger charge is 2.28. The Morgan fingerprint density at radius 3 is 2.04 bits per heavy atom. The van der Waals surface area contributed by atoms with Gasteiger partial charge in [0.2, 0.25) is 0 Å². The molecule has 1 aromatic carbocycles. The lowest BCUT2D eigenvalue weighted by molar-refractivity contribution is 0.162. The monoisotopic (exact) mass is 348 g/mol. The van der Waals surface area contributed by atoms with Crippen molar-refractivity contribution in [3.05, 3.63) is 34.9 Å². The molecule has 2 aliphatic carbocycles. The summed E-state index contributed by atoms with van der Waals surface area (Å²) in [7, 11) is 0. The van der Waals surface area contributed by atoms with E-state index in [1.807, 2.05) is 0 Å². The van der Waals surface area contributed by atoms with E-state index in [1.165, 1.54) is 89.7 Å². The van der Waals surface area contributed by atoms with E-state index in [-0.39, 0.29) is 5.56 Å². The van der Waals surface area contributed by atoms with E-state index in [0.29, 0.717) is 0 Å². The molecule has 0 bridgehead atoms. The zero-order chi connectivity index (χ0) is 17.6. The molecule has 1 aromatic rings. The van der Waals surface area contributed by atoms with Gasteiger partial charge >= 0.3 is 0 Å². The maximum absolute atomic E-state index is 13.6. The summed E-state index contributed by atoms with van der Waals surface area (Å²) in [4.78, 5) is 0. The van der Waals surface area contributed by atoms with E-state index in [2.05, 4.69) is 0 Å². The van der Waals surface area contributed by atoms with Gasteiger partial charge in [0.15, 0.2) is 0 Å². The van der Waals surface area contributed by atoms with Gasteiger partial charge in [-0.15, -0.1) is 0 Å². The fraction of sp³-hybridized carbons (Fsp3) is 0.739. The molecule has 140 valence electrons. The summed E-state index contributed by atoms with van der Waals surface area (Å²) in [6.45, 7) is 1.50. The first-order chi connectivity index (χ1) is 12.1. The third-order valence-corrected chi connectivity index (χ3v) is 6.88. The van der Waals surface area contributed by atoms with Crippen molar-refractivity contribution in [3.8, 4) is 0 Å². The van der Waals surface area contributed by atoms with Crippen LogP contribution in [0.3, 0.4) is 0 Å². The van der Waals surface area contributed by atoms with Crippen molar-refractivity contribution in [1.82, 2.24) is 0 Å². The highest BCUT2D eigenvalue weighted by molar-refractivity contribution is 5.25. The quantitative estimate of drug-likeness (QED) is 0.471. The van der Waals surface area contributed by atoms with Gasteiger partial charge in [0.25, 0.3) is 0 Å². The van der Waals surface area contributed by atoms with Crippen LogP contribution in [0.1, 0.15) is 88.2 Å². The number of halogens is 2. The lowest BCUT2D eigenvalue weighted by atomic mass is 9.70. The van der Waals surface area contributed by atoms with Gasteiger partial charge < -0.3 is 0 Å². The Hall–Kier alpha value is -0.920. The molecule has 0 radical (unpaired) electrons. The van der Waals surface area contributed by atoms with Crippen LogP contribution in [0.2, 0.25) is 0 Å². The van der Waals surface area contributed by atoms with E-state index in [1.54, 1.807) is 0 Å². The minimum Gasteiger partial charge on any atom is -0.207 e. The van der Waals surface area contributed by atoms with Gasteiger partial charge in [-0.25, -0.2) is 8.78 Å². The van der Waals surface area contributed by atoms with Crippen LogP contribution < -0.4 is 0 Å². The molecule has 3 rings (SSSR count).